The third-order valence-electron chi connectivity index (χ3n) is 5.71. The average molecular weight is 504 g/mol. The fourth-order valence-corrected chi connectivity index (χ4v) is 4.51. The monoisotopic (exact) mass is 503 g/mol. The van der Waals surface area contributed by atoms with Crippen LogP contribution < -0.4 is 10.6 Å². The van der Waals surface area contributed by atoms with Crippen LogP contribution in [0.1, 0.15) is 11.1 Å². The molecule has 1 aliphatic rings. The molecule has 35 heavy (non-hydrogen) atoms. The van der Waals surface area contributed by atoms with E-state index in [9.17, 15) is 13.2 Å². The van der Waals surface area contributed by atoms with Crippen molar-refractivity contribution in [2.75, 3.05) is 50.0 Å². The SMILES string of the molecule is FC(F)(F)c1cccc(CNc2nc(NCCN3CCOCC3)nc3c2ncn3-c2ccsc2)c1. The van der Waals surface area contributed by atoms with Gasteiger partial charge < -0.3 is 15.4 Å². The van der Waals surface area contributed by atoms with E-state index in [0.717, 1.165) is 50.7 Å². The van der Waals surface area contributed by atoms with E-state index in [1.54, 1.807) is 23.7 Å². The van der Waals surface area contributed by atoms with Gasteiger partial charge in [-0.05, 0) is 29.1 Å². The maximum absolute atomic E-state index is 13.1. The van der Waals surface area contributed by atoms with Crippen LogP contribution in [0.25, 0.3) is 16.9 Å². The van der Waals surface area contributed by atoms with E-state index in [0.29, 0.717) is 35.0 Å². The zero-order valence-corrected chi connectivity index (χ0v) is 19.6. The Hall–Kier alpha value is -3.22. The number of halogens is 3. The minimum Gasteiger partial charge on any atom is -0.379 e. The highest BCUT2D eigenvalue weighted by atomic mass is 32.1. The van der Waals surface area contributed by atoms with Crippen LogP contribution in [0, 0.1) is 0 Å². The van der Waals surface area contributed by atoms with Crippen molar-refractivity contribution in [1.29, 1.82) is 0 Å². The van der Waals surface area contributed by atoms with Crippen LogP contribution >= 0.6 is 11.3 Å². The number of imidazole rings is 1. The van der Waals surface area contributed by atoms with Crippen LogP contribution in [-0.4, -0.2) is 63.8 Å². The van der Waals surface area contributed by atoms with E-state index in [-0.39, 0.29) is 6.54 Å². The molecule has 1 fully saturated rings. The number of hydrogen-bond acceptors (Lipinski definition) is 8. The summed E-state index contributed by atoms with van der Waals surface area (Å²) in [6.07, 6.45) is -2.72. The van der Waals surface area contributed by atoms with Crippen LogP contribution in [0.2, 0.25) is 0 Å². The fourth-order valence-electron chi connectivity index (χ4n) is 3.88. The number of fused-ring (bicyclic) bond motifs is 1. The number of ether oxygens (including phenoxy) is 1. The minimum atomic E-state index is -4.39. The highest BCUT2D eigenvalue weighted by molar-refractivity contribution is 7.08. The molecule has 0 saturated carbocycles. The molecule has 2 N–H and O–H groups in total. The standard InChI is InChI=1S/C23H24F3N7OS/c24-23(25,26)17-3-1-2-16(12-17)13-28-20-19-21(33(15-29-19)18-4-11-35-14-18)31-22(30-20)27-5-6-32-7-9-34-10-8-32/h1-4,11-12,14-15H,5-10,13H2,(H2,27,28,30,31). The van der Waals surface area contributed by atoms with Gasteiger partial charge in [-0.1, -0.05) is 12.1 Å². The zero-order chi connectivity index (χ0) is 24.3. The zero-order valence-electron chi connectivity index (χ0n) is 18.8. The van der Waals surface area contributed by atoms with Gasteiger partial charge >= 0.3 is 6.18 Å². The summed E-state index contributed by atoms with van der Waals surface area (Å²) in [5.74, 6) is 0.879. The first-order chi connectivity index (χ1) is 17.0. The third-order valence-corrected chi connectivity index (χ3v) is 6.38. The second-order valence-electron chi connectivity index (χ2n) is 8.10. The van der Waals surface area contributed by atoms with Crippen molar-refractivity contribution in [2.24, 2.45) is 0 Å². The van der Waals surface area contributed by atoms with E-state index in [1.807, 2.05) is 21.4 Å². The van der Waals surface area contributed by atoms with Crippen LogP contribution in [0.4, 0.5) is 24.9 Å². The molecule has 3 aromatic heterocycles. The summed E-state index contributed by atoms with van der Waals surface area (Å²) < 4.78 is 46.6. The second-order valence-corrected chi connectivity index (χ2v) is 8.88. The van der Waals surface area contributed by atoms with E-state index in [1.165, 1.54) is 6.07 Å². The molecule has 0 aliphatic carbocycles. The van der Waals surface area contributed by atoms with Crippen molar-refractivity contribution in [3.8, 4) is 5.69 Å². The average Bonchev–Trinajstić information content (AvgIpc) is 3.53. The van der Waals surface area contributed by atoms with Gasteiger partial charge in [-0.3, -0.25) is 9.47 Å². The Balaban J connectivity index is 1.39. The van der Waals surface area contributed by atoms with Crippen molar-refractivity contribution >= 4 is 34.3 Å². The van der Waals surface area contributed by atoms with Crippen molar-refractivity contribution in [1.82, 2.24) is 24.4 Å². The molecule has 0 amide bonds. The quantitative estimate of drug-likeness (QED) is 0.372. The first-order valence-electron chi connectivity index (χ1n) is 11.2. The highest BCUT2D eigenvalue weighted by Crippen LogP contribution is 2.30. The van der Waals surface area contributed by atoms with Crippen molar-refractivity contribution in [3.05, 3.63) is 58.5 Å². The molecule has 12 heteroatoms. The largest absolute Gasteiger partial charge is 0.416 e. The van der Waals surface area contributed by atoms with Gasteiger partial charge in [0.15, 0.2) is 17.0 Å². The Morgan fingerprint density at radius 1 is 1.09 bits per heavy atom. The van der Waals surface area contributed by atoms with Gasteiger partial charge in [0, 0.05) is 38.1 Å². The molecule has 5 rings (SSSR count). The first kappa shape index (κ1) is 23.5. The van der Waals surface area contributed by atoms with Crippen LogP contribution in [0.3, 0.4) is 0 Å². The van der Waals surface area contributed by atoms with Gasteiger partial charge in [-0.25, -0.2) is 4.98 Å². The number of nitrogens with one attached hydrogen (secondary N) is 2. The van der Waals surface area contributed by atoms with Crippen LogP contribution in [0.15, 0.2) is 47.4 Å². The van der Waals surface area contributed by atoms with Crippen molar-refractivity contribution < 1.29 is 17.9 Å². The molecular weight excluding hydrogens is 479 g/mol. The summed E-state index contributed by atoms with van der Waals surface area (Å²) in [6.45, 7) is 4.85. The lowest BCUT2D eigenvalue weighted by Gasteiger charge is -2.26. The van der Waals surface area contributed by atoms with E-state index in [4.69, 9.17) is 4.74 Å². The van der Waals surface area contributed by atoms with Gasteiger partial charge in [-0.2, -0.15) is 34.5 Å². The molecule has 8 nitrogen and oxygen atoms in total. The maximum atomic E-state index is 13.1. The Morgan fingerprint density at radius 2 is 1.94 bits per heavy atom. The van der Waals surface area contributed by atoms with Gasteiger partial charge in [0.2, 0.25) is 5.95 Å². The Bertz CT molecular complexity index is 1270. The predicted molar refractivity (Wildman–Crippen MR) is 129 cm³/mol. The number of anilines is 2. The number of thiophene rings is 1. The first-order valence-corrected chi connectivity index (χ1v) is 12.1. The van der Waals surface area contributed by atoms with Gasteiger partial charge in [0.05, 0.1) is 24.5 Å². The molecule has 0 unspecified atom stereocenters. The number of morpholine rings is 1. The summed E-state index contributed by atoms with van der Waals surface area (Å²) in [7, 11) is 0. The summed E-state index contributed by atoms with van der Waals surface area (Å²) in [4.78, 5) is 16.1. The molecule has 0 spiro atoms. The Labute approximate surface area is 203 Å². The number of nitrogens with zero attached hydrogens (tertiary/aromatic N) is 5. The molecule has 184 valence electrons. The predicted octanol–water partition coefficient (Wildman–Crippen LogP) is 4.25. The van der Waals surface area contributed by atoms with Gasteiger partial charge in [0.1, 0.15) is 6.33 Å². The molecule has 0 bridgehead atoms. The van der Waals surface area contributed by atoms with Gasteiger partial charge in [-0.15, -0.1) is 0 Å². The molecule has 4 aromatic rings. The lowest BCUT2D eigenvalue weighted by atomic mass is 10.1. The molecule has 1 aromatic carbocycles. The normalized spacial score (nSPS) is 14.9. The number of benzene rings is 1. The highest BCUT2D eigenvalue weighted by Gasteiger charge is 2.30. The number of hydrogen-bond donors (Lipinski definition) is 2. The molecular formula is C23H24F3N7OS. The lowest BCUT2D eigenvalue weighted by molar-refractivity contribution is -0.137. The van der Waals surface area contributed by atoms with E-state index >= 15 is 0 Å². The van der Waals surface area contributed by atoms with Crippen molar-refractivity contribution in [3.63, 3.8) is 0 Å². The molecule has 4 heterocycles. The Morgan fingerprint density at radius 3 is 2.71 bits per heavy atom. The lowest BCUT2D eigenvalue weighted by Crippen LogP contribution is -2.39. The molecule has 1 saturated heterocycles. The topological polar surface area (TPSA) is 80.1 Å². The molecule has 0 atom stereocenters. The summed E-state index contributed by atoms with van der Waals surface area (Å²) in [5.41, 5.74) is 1.89. The van der Waals surface area contributed by atoms with E-state index < -0.39 is 11.7 Å². The summed E-state index contributed by atoms with van der Waals surface area (Å²) in [5, 5.41) is 10.4. The Kier molecular flexibility index (Phi) is 6.84. The smallest absolute Gasteiger partial charge is 0.379 e. The van der Waals surface area contributed by atoms with Crippen LogP contribution in [-0.2, 0) is 17.5 Å². The van der Waals surface area contributed by atoms with Crippen molar-refractivity contribution in [2.45, 2.75) is 12.7 Å². The molecule has 1 aliphatic heterocycles. The number of alkyl halides is 3. The maximum Gasteiger partial charge on any atom is 0.416 e. The van der Waals surface area contributed by atoms with E-state index in [2.05, 4.69) is 30.5 Å². The summed E-state index contributed by atoms with van der Waals surface area (Å²) >= 11 is 1.56. The number of rotatable bonds is 8. The third kappa shape index (κ3) is 5.55. The van der Waals surface area contributed by atoms with Crippen LogP contribution in [0.5, 0.6) is 0 Å². The second kappa shape index (κ2) is 10.2. The molecule has 0 radical (unpaired) electrons. The minimum absolute atomic E-state index is 0.161. The summed E-state index contributed by atoms with van der Waals surface area (Å²) in [6, 6.07) is 7.21. The fraction of sp³-hybridized carbons (Fsp3) is 0.348. The van der Waals surface area contributed by atoms with Gasteiger partial charge in [0.25, 0.3) is 0 Å². The number of aromatic nitrogens is 4.